The van der Waals surface area contributed by atoms with Crippen LogP contribution < -0.4 is 5.32 Å². The number of nitrogens with one attached hydrogen (secondary N) is 1. The lowest BCUT2D eigenvalue weighted by Crippen LogP contribution is -2.52. The SMILES string of the molecule is C=C(NCC(C)C)C(C)(CC(C)(C)[B]C(C)(C)CC)C(C)(C)C(C)(C#N)CCC. The molecule has 0 fully saturated rings. The molecule has 0 aromatic heterocycles. The van der Waals surface area contributed by atoms with Crippen molar-refractivity contribution in [2.24, 2.45) is 22.2 Å². The Labute approximate surface area is 184 Å². The molecule has 0 rings (SSSR count). The van der Waals surface area contributed by atoms with Crippen LogP contribution >= 0.6 is 0 Å². The molecule has 29 heavy (non-hydrogen) atoms. The topological polar surface area (TPSA) is 35.8 Å². The van der Waals surface area contributed by atoms with Crippen molar-refractivity contribution in [2.45, 2.75) is 119 Å². The Morgan fingerprint density at radius 3 is 1.90 bits per heavy atom. The third-order valence-corrected chi connectivity index (χ3v) is 7.65. The first-order valence-corrected chi connectivity index (χ1v) is 11.6. The highest BCUT2D eigenvalue weighted by atomic mass is 14.9. The molecule has 0 bridgehead atoms. The molecule has 2 nitrogen and oxygen atoms in total. The van der Waals surface area contributed by atoms with E-state index in [9.17, 15) is 5.26 Å². The summed E-state index contributed by atoms with van der Waals surface area (Å²) in [5.74, 6) is 0.552. The van der Waals surface area contributed by atoms with Crippen molar-refractivity contribution in [1.82, 2.24) is 5.32 Å². The zero-order chi connectivity index (χ0) is 23.3. The summed E-state index contributed by atoms with van der Waals surface area (Å²) in [5, 5.41) is 14.1. The molecule has 1 N–H and O–H groups in total. The molecule has 3 heteroatoms. The Balaban J connectivity index is 6.28. The van der Waals surface area contributed by atoms with Crippen molar-refractivity contribution in [1.29, 1.82) is 5.26 Å². The summed E-state index contributed by atoms with van der Waals surface area (Å²) >= 11 is 0. The van der Waals surface area contributed by atoms with Crippen LogP contribution in [0.5, 0.6) is 0 Å². The van der Waals surface area contributed by atoms with E-state index in [2.05, 4.69) is 108 Å². The summed E-state index contributed by atoms with van der Waals surface area (Å²) in [7, 11) is 2.52. The minimum Gasteiger partial charge on any atom is -0.388 e. The summed E-state index contributed by atoms with van der Waals surface area (Å²) in [4.78, 5) is 0. The van der Waals surface area contributed by atoms with Crippen molar-refractivity contribution >= 4 is 7.28 Å². The highest BCUT2D eigenvalue weighted by Gasteiger charge is 2.55. The van der Waals surface area contributed by atoms with Gasteiger partial charge in [-0.1, -0.05) is 106 Å². The summed E-state index contributed by atoms with van der Waals surface area (Å²) in [5.41, 5.74) is 0.179. The number of hydrogen-bond donors (Lipinski definition) is 1. The summed E-state index contributed by atoms with van der Waals surface area (Å²) in [6.45, 7) is 32.7. The van der Waals surface area contributed by atoms with E-state index in [0.717, 1.165) is 37.9 Å². The molecule has 0 aliphatic carbocycles. The van der Waals surface area contributed by atoms with Crippen LogP contribution in [0, 0.1) is 33.5 Å². The van der Waals surface area contributed by atoms with E-state index < -0.39 is 5.41 Å². The highest BCUT2D eigenvalue weighted by molar-refractivity contribution is 6.43. The molecule has 2 atom stereocenters. The van der Waals surface area contributed by atoms with Gasteiger partial charge in [0.25, 0.3) is 0 Å². The molecule has 2 unspecified atom stereocenters. The number of nitrogens with zero attached hydrogens (tertiary/aromatic N) is 1. The minimum absolute atomic E-state index is 0.0244. The van der Waals surface area contributed by atoms with Gasteiger partial charge in [0.05, 0.1) is 11.5 Å². The second kappa shape index (κ2) is 9.93. The molecule has 0 saturated heterocycles. The van der Waals surface area contributed by atoms with E-state index in [1.807, 2.05) is 0 Å². The summed E-state index contributed by atoms with van der Waals surface area (Å²) < 4.78 is 0. The lowest BCUT2D eigenvalue weighted by atomic mass is 9.36. The third kappa shape index (κ3) is 6.80. The van der Waals surface area contributed by atoms with Gasteiger partial charge >= 0.3 is 0 Å². The first-order chi connectivity index (χ1) is 12.9. The fraction of sp³-hybridized carbons (Fsp3) is 0.885. The van der Waals surface area contributed by atoms with Crippen LogP contribution in [0.15, 0.2) is 12.3 Å². The maximum atomic E-state index is 10.2. The standard InChI is InChI=1S/C26H50BN2/c1-14-16-25(12,19-28)24(10,11)26(13,21(5)29-17-20(3)4)18-23(8,9)27-22(6,7)15-2/h20,29H,5,14-18H2,1-4,6-13H3. The average molecular weight is 402 g/mol. The first kappa shape index (κ1) is 28.1. The van der Waals surface area contributed by atoms with Crippen molar-refractivity contribution in [3.8, 4) is 6.07 Å². The van der Waals surface area contributed by atoms with Crippen LogP contribution in [0.2, 0.25) is 10.6 Å². The van der Waals surface area contributed by atoms with Crippen molar-refractivity contribution < 1.29 is 0 Å². The number of hydrogen-bond acceptors (Lipinski definition) is 2. The molecule has 0 saturated carbocycles. The van der Waals surface area contributed by atoms with Crippen LogP contribution in [-0.4, -0.2) is 13.8 Å². The number of rotatable bonds is 13. The van der Waals surface area contributed by atoms with Crippen LogP contribution in [-0.2, 0) is 0 Å². The largest absolute Gasteiger partial charge is 0.388 e. The normalized spacial score (nSPS) is 17.2. The van der Waals surface area contributed by atoms with Crippen molar-refractivity contribution in [3.05, 3.63) is 12.3 Å². The van der Waals surface area contributed by atoms with E-state index in [-0.39, 0.29) is 21.5 Å². The predicted molar refractivity (Wildman–Crippen MR) is 131 cm³/mol. The van der Waals surface area contributed by atoms with Gasteiger partial charge in [-0.2, -0.15) is 5.26 Å². The minimum atomic E-state index is -0.421. The Kier molecular flexibility index (Phi) is 9.62. The monoisotopic (exact) mass is 401 g/mol. The van der Waals surface area contributed by atoms with Crippen LogP contribution in [0.1, 0.15) is 109 Å². The van der Waals surface area contributed by atoms with Gasteiger partial charge in [-0.15, -0.1) is 0 Å². The van der Waals surface area contributed by atoms with Gasteiger partial charge in [0.15, 0.2) is 0 Å². The van der Waals surface area contributed by atoms with Gasteiger partial charge in [-0.3, -0.25) is 0 Å². The van der Waals surface area contributed by atoms with Gasteiger partial charge in [0.1, 0.15) is 7.28 Å². The molecule has 0 aromatic carbocycles. The summed E-state index contributed by atoms with van der Waals surface area (Å²) in [6, 6.07) is 2.71. The lowest BCUT2D eigenvalue weighted by Gasteiger charge is -2.56. The fourth-order valence-corrected chi connectivity index (χ4v) is 4.97. The molecule has 0 aromatic rings. The zero-order valence-electron chi connectivity index (χ0n) is 21.8. The van der Waals surface area contributed by atoms with Gasteiger partial charge in [-0.25, -0.2) is 0 Å². The Morgan fingerprint density at radius 1 is 1.00 bits per heavy atom. The molecule has 0 aliphatic rings. The first-order valence-electron chi connectivity index (χ1n) is 11.6. The van der Waals surface area contributed by atoms with E-state index in [1.54, 1.807) is 0 Å². The second-order valence-electron chi connectivity index (χ2n) is 12.1. The molecule has 0 spiro atoms. The van der Waals surface area contributed by atoms with Gasteiger partial charge in [-0.05, 0) is 31.1 Å². The van der Waals surface area contributed by atoms with E-state index in [0.29, 0.717) is 5.92 Å². The molecule has 167 valence electrons. The van der Waals surface area contributed by atoms with Crippen LogP contribution in [0.3, 0.4) is 0 Å². The zero-order valence-corrected chi connectivity index (χ0v) is 21.8. The maximum absolute atomic E-state index is 10.2. The molecular formula is C26H50BN2. The number of nitriles is 1. The Hall–Kier alpha value is -0.905. The highest BCUT2D eigenvalue weighted by Crippen LogP contribution is 2.61. The molecular weight excluding hydrogens is 351 g/mol. The predicted octanol–water partition coefficient (Wildman–Crippen LogP) is 8.01. The van der Waals surface area contributed by atoms with E-state index in [1.165, 1.54) is 0 Å². The van der Waals surface area contributed by atoms with Gasteiger partial charge in [0.2, 0.25) is 0 Å². The van der Waals surface area contributed by atoms with Gasteiger partial charge < -0.3 is 5.32 Å². The lowest BCUT2D eigenvalue weighted by molar-refractivity contribution is -0.00460. The van der Waals surface area contributed by atoms with E-state index >= 15 is 0 Å². The Morgan fingerprint density at radius 2 is 1.52 bits per heavy atom. The smallest absolute Gasteiger partial charge is 0.124 e. The average Bonchev–Trinajstić information content (AvgIpc) is 2.57. The Bertz CT molecular complexity index is 582. The van der Waals surface area contributed by atoms with E-state index in [4.69, 9.17) is 0 Å². The molecule has 0 amide bonds. The van der Waals surface area contributed by atoms with Gasteiger partial charge in [0, 0.05) is 17.7 Å². The fourth-order valence-electron chi connectivity index (χ4n) is 4.97. The quantitative estimate of drug-likeness (QED) is 0.317. The second-order valence-corrected chi connectivity index (χ2v) is 12.1. The molecule has 0 aliphatic heterocycles. The third-order valence-electron chi connectivity index (χ3n) is 7.65. The summed E-state index contributed by atoms with van der Waals surface area (Å²) in [6.07, 6.45) is 3.98. The molecule has 0 heterocycles. The van der Waals surface area contributed by atoms with Crippen LogP contribution in [0.25, 0.3) is 0 Å². The molecule has 1 radical (unpaired) electrons. The van der Waals surface area contributed by atoms with Crippen molar-refractivity contribution in [3.63, 3.8) is 0 Å². The van der Waals surface area contributed by atoms with Crippen LogP contribution in [0.4, 0.5) is 0 Å². The number of allylic oxidation sites excluding steroid dienone is 1. The maximum Gasteiger partial charge on any atom is 0.124 e. The van der Waals surface area contributed by atoms with Crippen molar-refractivity contribution in [2.75, 3.05) is 6.54 Å².